The van der Waals surface area contributed by atoms with E-state index in [2.05, 4.69) is 95.3 Å². The van der Waals surface area contributed by atoms with Gasteiger partial charge in [-0.25, -0.2) is 0 Å². The van der Waals surface area contributed by atoms with Gasteiger partial charge in [0.05, 0.1) is 0 Å². The highest BCUT2D eigenvalue weighted by molar-refractivity contribution is 6.31. The van der Waals surface area contributed by atoms with Crippen LogP contribution in [0.2, 0.25) is 10.0 Å². The third-order valence-corrected chi connectivity index (χ3v) is 8.84. The molecule has 2 aromatic carbocycles. The summed E-state index contributed by atoms with van der Waals surface area (Å²) in [5.41, 5.74) is 8.19. The third kappa shape index (κ3) is 26.9. The number of carbonyl (C=O) groups is 3. The van der Waals surface area contributed by atoms with Crippen LogP contribution in [0.25, 0.3) is 0 Å². The monoisotopic (exact) mass is 753 g/mol. The minimum Gasteiger partial charge on any atom is -0.372 e. The number of halogens is 2. The summed E-state index contributed by atoms with van der Waals surface area (Å²) in [4.78, 5) is 35.8. The van der Waals surface area contributed by atoms with E-state index in [-0.39, 0.29) is 12.3 Å². The maximum atomic E-state index is 11.4. The zero-order chi connectivity index (χ0) is 39.8. The summed E-state index contributed by atoms with van der Waals surface area (Å²) in [5, 5.41) is 1.61. The molecule has 1 fully saturated rings. The van der Waals surface area contributed by atoms with Crippen molar-refractivity contribution in [2.75, 3.05) is 58.8 Å². The Morgan fingerprint density at radius 1 is 0.863 bits per heavy atom. The van der Waals surface area contributed by atoms with Crippen LogP contribution in [0.1, 0.15) is 111 Å². The lowest BCUT2D eigenvalue weighted by Crippen LogP contribution is -2.44. The molecule has 0 radical (unpaired) electrons. The van der Waals surface area contributed by atoms with Crippen LogP contribution < -0.4 is 10.6 Å². The number of benzene rings is 2. The van der Waals surface area contributed by atoms with Crippen LogP contribution in [0.4, 0.5) is 5.69 Å². The Kier molecular flexibility index (Phi) is 35.9. The molecule has 0 aliphatic carbocycles. The first-order valence-corrected chi connectivity index (χ1v) is 19.7. The highest BCUT2D eigenvalue weighted by Gasteiger charge is 2.23. The number of hydrogen-bond acceptors (Lipinski definition) is 6. The quantitative estimate of drug-likeness (QED) is 0.205. The molecule has 51 heavy (non-hydrogen) atoms. The molecule has 1 aliphatic rings. The smallest absolute Gasteiger partial charge is 0.204 e. The first kappa shape index (κ1) is 52.9. The van der Waals surface area contributed by atoms with E-state index in [1.165, 1.54) is 43.1 Å². The van der Waals surface area contributed by atoms with Crippen molar-refractivity contribution in [3.05, 3.63) is 63.6 Å². The number of aldehydes is 2. The molecule has 7 nitrogen and oxygen atoms in total. The summed E-state index contributed by atoms with van der Waals surface area (Å²) >= 11 is 12.1. The second kappa shape index (κ2) is 34.6. The number of primary amides is 1. The fourth-order valence-corrected chi connectivity index (χ4v) is 5.76. The first-order valence-electron chi connectivity index (χ1n) is 18.9. The van der Waals surface area contributed by atoms with Crippen LogP contribution in [0.5, 0.6) is 0 Å². The number of nitrogens with two attached hydrogens (primary N) is 1. The lowest BCUT2D eigenvalue weighted by atomic mass is 9.80. The van der Waals surface area contributed by atoms with Crippen molar-refractivity contribution in [1.29, 1.82) is 0 Å². The summed E-state index contributed by atoms with van der Waals surface area (Å²) in [6.07, 6.45) is 8.83. The number of amides is 1. The van der Waals surface area contributed by atoms with Gasteiger partial charge in [-0.1, -0.05) is 97.1 Å². The van der Waals surface area contributed by atoms with Crippen LogP contribution in [-0.4, -0.2) is 82.6 Å². The molecule has 3 atom stereocenters. The predicted molar refractivity (Wildman–Crippen MR) is 225 cm³/mol. The van der Waals surface area contributed by atoms with E-state index in [1.54, 1.807) is 0 Å². The summed E-state index contributed by atoms with van der Waals surface area (Å²) in [5.74, 6) is 1.76. The lowest BCUT2D eigenvalue weighted by molar-refractivity contribution is -0.112. The number of rotatable bonds is 13. The predicted octanol–water partition coefficient (Wildman–Crippen LogP) is 10.1. The minimum atomic E-state index is 0.117. The Hall–Kier alpha value is -2.45. The maximum absolute atomic E-state index is 11.4. The summed E-state index contributed by atoms with van der Waals surface area (Å²) < 4.78 is 0. The molecule has 1 heterocycles. The Bertz CT molecular complexity index is 1100. The normalized spacial score (nSPS) is 13.8. The van der Waals surface area contributed by atoms with Gasteiger partial charge in [-0.3, -0.25) is 4.79 Å². The van der Waals surface area contributed by atoms with Gasteiger partial charge < -0.3 is 30.0 Å². The van der Waals surface area contributed by atoms with Gasteiger partial charge in [-0.05, 0) is 126 Å². The molecule has 3 rings (SSSR count). The molecule has 0 aromatic heterocycles. The van der Waals surface area contributed by atoms with Crippen LogP contribution in [0, 0.1) is 17.8 Å². The van der Waals surface area contributed by atoms with Gasteiger partial charge in [0.15, 0.2) is 0 Å². The number of nitrogens with zero attached hydrogens (tertiary/aromatic N) is 3. The molecule has 0 spiro atoms. The van der Waals surface area contributed by atoms with Crippen LogP contribution in [0.3, 0.4) is 0 Å². The SMILES string of the molecule is CC.CC(C)CCc1cc(Cl)ccc1N1CCN(C)CC1.CC=O.CCC(C)CC(C=O)C(CC)c1ccc(Cl)cc1.CCCN(C)C.NC=O. The van der Waals surface area contributed by atoms with Gasteiger partial charge >= 0.3 is 0 Å². The second-order valence-electron chi connectivity index (χ2n) is 13.3. The second-order valence-corrected chi connectivity index (χ2v) is 14.2. The summed E-state index contributed by atoms with van der Waals surface area (Å²) in [6.45, 7) is 24.4. The summed E-state index contributed by atoms with van der Waals surface area (Å²) in [6, 6.07) is 14.3. The maximum Gasteiger partial charge on any atom is 0.204 e. The van der Waals surface area contributed by atoms with E-state index < -0.39 is 0 Å². The van der Waals surface area contributed by atoms with E-state index in [1.807, 2.05) is 44.2 Å². The summed E-state index contributed by atoms with van der Waals surface area (Å²) in [7, 11) is 6.37. The molecule has 294 valence electrons. The van der Waals surface area contributed by atoms with Crippen molar-refractivity contribution in [3.63, 3.8) is 0 Å². The van der Waals surface area contributed by atoms with E-state index in [0.29, 0.717) is 11.8 Å². The lowest BCUT2D eigenvalue weighted by Gasteiger charge is -2.35. The topological polar surface area (TPSA) is 87.0 Å². The molecule has 1 saturated heterocycles. The van der Waals surface area contributed by atoms with Gasteiger partial charge in [0.1, 0.15) is 12.6 Å². The van der Waals surface area contributed by atoms with E-state index in [4.69, 9.17) is 32.8 Å². The van der Waals surface area contributed by atoms with Crippen molar-refractivity contribution in [3.8, 4) is 0 Å². The Morgan fingerprint density at radius 3 is 1.76 bits per heavy atom. The Morgan fingerprint density at radius 2 is 1.37 bits per heavy atom. The van der Waals surface area contributed by atoms with Crippen molar-refractivity contribution in [1.82, 2.24) is 9.80 Å². The van der Waals surface area contributed by atoms with Crippen molar-refractivity contribution in [2.45, 2.75) is 107 Å². The Labute approximate surface area is 323 Å². The molecule has 2 aromatic rings. The van der Waals surface area contributed by atoms with Gasteiger partial charge in [-0.15, -0.1) is 0 Å². The third-order valence-electron chi connectivity index (χ3n) is 8.35. The highest BCUT2D eigenvalue weighted by Crippen LogP contribution is 2.32. The molecular weight excluding hydrogens is 679 g/mol. The molecule has 1 amide bonds. The van der Waals surface area contributed by atoms with Crippen molar-refractivity contribution >= 4 is 47.9 Å². The zero-order valence-electron chi connectivity index (χ0n) is 34.3. The van der Waals surface area contributed by atoms with Crippen LogP contribution in [0.15, 0.2) is 42.5 Å². The number of hydrogen-bond donors (Lipinski definition) is 1. The molecule has 3 unspecified atom stereocenters. The largest absolute Gasteiger partial charge is 0.372 e. The molecule has 2 N–H and O–H groups in total. The van der Waals surface area contributed by atoms with Gasteiger partial charge in [0, 0.05) is 47.8 Å². The standard InChI is InChI=1S/C16H25ClN2.C16H23ClO.C5H13N.C2H4O.C2H6.CH3NO/c1-13(2)4-5-14-12-15(17)6-7-16(14)19-10-8-18(3)9-11-19;1-4-12(3)10-14(11-18)16(5-2)13-6-8-15(17)9-7-13;1-4-5-6(2)3;1-2-3;1-2;2-1-3/h6-7,12-13H,4-5,8-11H2,1-3H3;6-9,11-12,14,16H,4-5,10H2,1-3H3;4-5H2,1-3H3;2H,1H3;1-2H3;1H,(H2,2,3). The number of carbonyl (C=O) groups excluding carboxylic acids is 3. The van der Waals surface area contributed by atoms with Crippen molar-refractivity contribution < 1.29 is 14.4 Å². The fraction of sp³-hybridized carbons (Fsp3) is 0.643. The van der Waals surface area contributed by atoms with E-state index >= 15 is 0 Å². The number of piperazine rings is 1. The van der Waals surface area contributed by atoms with Crippen molar-refractivity contribution in [2.24, 2.45) is 23.5 Å². The molecule has 0 bridgehead atoms. The number of likely N-dealkylation sites (N-methyl/N-ethyl adjacent to an activating group) is 1. The number of aryl methyl sites for hydroxylation is 1. The zero-order valence-corrected chi connectivity index (χ0v) is 35.8. The average Bonchev–Trinajstić information content (AvgIpc) is 3.10. The van der Waals surface area contributed by atoms with E-state index in [0.717, 1.165) is 80.4 Å². The van der Waals surface area contributed by atoms with Gasteiger partial charge in [0.25, 0.3) is 0 Å². The molecule has 9 heteroatoms. The number of anilines is 1. The minimum absolute atomic E-state index is 0.117. The fourth-order valence-electron chi connectivity index (χ4n) is 5.44. The highest BCUT2D eigenvalue weighted by atomic mass is 35.5. The van der Waals surface area contributed by atoms with Crippen LogP contribution in [-0.2, 0) is 20.8 Å². The van der Waals surface area contributed by atoms with Crippen LogP contribution >= 0.6 is 23.2 Å². The molecular formula is C42H74Cl2N4O3. The van der Waals surface area contributed by atoms with Gasteiger partial charge in [0.2, 0.25) is 6.41 Å². The average molecular weight is 754 g/mol. The molecule has 1 aliphatic heterocycles. The Balaban J connectivity index is -0.000000665. The first-order chi connectivity index (χ1) is 24.3. The van der Waals surface area contributed by atoms with Gasteiger partial charge in [-0.2, -0.15) is 0 Å². The molecule has 0 saturated carbocycles. The van der Waals surface area contributed by atoms with E-state index in [9.17, 15) is 4.79 Å².